The number of aromatic nitrogens is 2. The maximum absolute atomic E-state index is 5.67. The van der Waals surface area contributed by atoms with Crippen molar-refractivity contribution in [2.24, 2.45) is 0 Å². The first-order valence-electron chi connectivity index (χ1n) is 6.60. The Hall–Kier alpha value is -1.89. The van der Waals surface area contributed by atoms with Crippen molar-refractivity contribution in [1.29, 1.82) is 0 Å². The van der Waals surface area contributed by atoms with Gasteiger partial charge >= 0.3 is 6.01 Å². The van der Waals surface area contributed by atoms with Crippen molar-refractivity contribution in [2.75, 3.05) is 5.32 Å². The van der Waals surface area contributed by atoms with Crippen molar-refractivity contribution >= 4 is 28.6 Å². The molecule has 5 heteroatoms. The molecule has 0 saturated heterocycles. The molecule has 0 bridgehead atoms. The Morgan fingerprint density at radius 1 is 1.10 bits per heavy atom. The third kappa shape index (κ3) is 3.41. The zero-order valence-corrected chi connectivity index (χ0v) is 13.7. The summed E-state index contributed by atoms with van der Waals surface area (Å²) in [5, 5.41) is 11.3. The summed E-state index contributed by atoms with van der Waals surface area (Å²) < 4.78 is 6.87. The molecule has 1 aromatic heterocycles. The minimum absolute atomic E-state index is 0.437. The van der Waals surface area contributed by atoms with Gasteiger partial charge in [-0.25, -0.2) is 0 Å². The molecule has 0 radical (unpaired) electrons. The van der Waals surface area contributed by atoms with E-state index in [2.05, 4.69) is 56.3 Å². The fourth-order valence-electron chi connectivity index (χ4n) is 2.04. The van der Waals surface area contributed by atoms with E-state index in [-0.39, 0.29) is 0 Å². The average molecular weight is 391 g/mol. The van der Waals surface area contributed by atoms with Gasteiger partial charge in [-0.1, -0.05) is 35.4 Å². The van der Waals surface area contributed by atoms with Gasteiger partial charge in [-0.15, -0.1) is 5.10 Å². The number of anilines is 1. The minimum Gasteiger partial charge on any atom is -0.403 e. The van der Waals surface area contributed by atoms with Gasteiger partial charge in [0.1, 0.15) is 0 Å². The van der Waals surface area contributed by atoms with Gasteiger partial charge in [0.05, 0.1) is 0 Å². The molecule has 106 valence electrons. The van der Waals surface area contributed by atoms with Gasteiger partial charge in [-0.05, 0) is 58.8 Å². The number of nitrogens with zero attached hydrogens (tertiary/aromatic N) is 2. The van der Waals surface area contributed by atoms with Gasteiger partial charge in [-0.3, -0.25) is 0 Å². The lowest BCUT2D eigenvalue weighted by atomic mass is 10.1. The summed E-state index contributed by atoms with van der Waals surface area (Å²) in [6.07, 6.45) is 0. The number of hydrogen-bond acceptors (Lipinski definition) is 4. The fourth-order valence-corrected chi connectivity index (χ4v) is 2.65. The summed E-state index contributed by atoms with van der Waals surface area (Å²) in [7, 11) is 0. The smallest absolute Gasteiger partial charge is 0.316 e. The molecular weight excluding hydrogens is 377 g/mol. The zero-order chi connectivity index (χ0) is 14.7. The summed E-state index contributed by atoms with van der Waals surface area (Å²) in [5.41, 5.74) is 3.26. The summed E-state index contributed by atoms with van der Waals surface area (Å²) >= 11 is 2.30. The Kier molecular flexibility index (Phi) is 4.19. The second-order valence-corrected chi connectivity index (χ2v) is 5.96. The van der Waals surface area contributed by atoms with Crippen molar-refractivity contribution in [2.45, 2.75) is 13.5 Å². The fraction of sp³-hybridized carbons (Fsp3) is 0.125. The van der Waals surface area contributed by atoms with Gasteiger partial charge < -0.3 is 9.73 Å². The molecule has 0 amide bonds. The number of nitrogens with one attached hydrogen (secondary N) is 1. The van der Waals surface area contributed by atoms with Gasteiger partial charge in [-0.2, -0.15) is 0 Å². The quantitative estimate of drug-likeness (QED) is 0.676. The monoisotopic (exact) mass is 391 g/mol. The minimum atomic E-state index is 0.437. The van der Waals surface area contributed by atoms with Crippen molar-refractivity contribution in [3.8, 4) is 11.5 Å². The summed E-state index contributed by atoms with van der Waals surface area (Å²) in [6.45, 7) is 2.69. The Balaban J connectivity index is 1.72. The Morgan fingerprint density at radius 3 is 2.76 bits per heavy atom. The first-order chi connectivity index (χ1) is 10.2. The molecule has 0 atom stereocenters. The third-order valence-electron chi connectivity index (χ3n) is 3.13. The van der Waals surface area contributed by atoms with Crippen LogP contribution in [0.1, 0.15) is 11.1 Å². The third-order valence-corrected chi connectivity index (χ3v) is 3.80. The van der Waals surface area contributed by atoms with Gasteiger partial charge in [0, 0.05) is 15.7 Å². The highest BCUT2D eigenvalue weighted by molar-refractivity contribution is 14.1. The molecule has 0 aliphatic heterocycles. The molecule has 4 nitrogen and oxygen atoms in total. The maximum atomic E-state index is 5.67. The summed E-state index contributed by atoms with van der Waals surface area (Å²) in [6, 6.07) is 16.7. The van der Waals surface area contributed by atoms with Crippen LogP contribution in [0.15, 0.2) is 52.9 Å². The van der Waals surface area contributed by atoms with Crippen LogP contribution < -0.4 is 5.32 Å². The van der Waals surface area contributed by atoms with Crippen molar-refractivity contribution in [1.82, 2.24) is 10.2 Å². The van der Waals surface area contributed by atoms with E-state index < -0.39 is 0 Å². The Bertz CT molecular complexity index is 755. The topological polar surface area (TPSA) is 51.0 Å². The van der Waals surface area contributed by atoms with E-state index in [4.69, 9.17) is 4.42 Å². The number of aryl methyl sites for hydroxylation is 1. The molecule has 21 heavy (non-hydrogen) atoms. The largest absolute Gasteiger partial charge is 0.403 e. The number of hydrogen-bond donors (Lipinski definition) is 1. The number of halogens is 1. The maximum Gasteiger partial charge on any atom is 0.316 e. The molecule has 1 N–H and O–H groups in total. The summed E-state index contributed by atoms with van der Waals surface area (Å²) in [4.78, 5) is 0. The molecule has 0 aliphatic rings. The van der Waals surface area contributed by atoms with E-state index in [1.807, 2.05) is 37.3 Å². The lowest BCUT2D eigenvalue weighted by molar-refractivity contribution is 0.580. The molecule has 0 aliphatic carbocycles. The van der Waals surface area contributed by atoms with Crippen LogP contribution in [0, 0.1) is 10.5 Å². The molecule has 2 aromatic carbocycles. The second kappa shape index (κ2) is 6.26. The predicted octanol–water partition coefficient (Wildman–Crippen LogP) is 4.26. The van der Waals surface area contributed by atoms with Crippen LogP contribution in [0.25, 0.3) is 11.5 Å². The second-order valence-electron chi connectivity index (χ2n) is 4.71. The van der Waals surface area contributed by atoms with Crippen LogP contribution in [-0.4, -0.2) is 10.2 Å². The molecule has 0 fully saturated rings. The summed E-state index contributed by atoms with van der Waals surface area (Å²) in [5.74, 6) is 0.540. The molecule has 1 heterocycles. The van der Waals surface area contributed by atoms with Crippen LogP contribution in [-0.2, 0) is 6.54 Å². The van der Waals surface area contributed by atoms with E-state index in [0.29, 0.717) is 18.5 Å². The Labute approximate surface area is 136 Å². The highest BCUT2D eigenvalue weighted by Gasteiger charge is 2.10. The zero-order valence-electron chi connectivity index (χ0n) is 11.5. The van der Waals surface area contributed by atoms with Crippen LogP contribution in [0.4, 0.5) is 6.01 Å². The number of benzene rings is 2. The van der Waals surface area contributed by atoms with Gasteiger partial charge in [0.2, 0.25) is 5.89 Å². The van der Waals surface area contributed by atoms with Crippen LogP contribution >= 0.6 is 22.6 Å². The molecule has 0 unspecified atom stereocenters. The van der Waals surface area contributed by atoms with E-state index in [9.17, 15) is 0 Å². The normalized spacial score (nSPS) is 10.6. The molecule has 3 aromatic rings. The first-order valence-corrected chi connectivity index (χ1v) is 7.68. The van der Waals surface area contributed by atoms with Crippen LogP contribution in [0.5, 0.6) is 0 Å². The average Bonchev–Trinajstić information content (AvgIpc) is 2.94. The lowest BCUT2D eigenvalue weighted by Gasteiger charge is -2.02. The lowest BCUT2D eigenvalue weighted by Crippen LogP contribution is -1.99. The highest BCUT2D eigenvalue weighted by Crippen LogP contribution is 2.23. The van der Waals surface area contributed by atoms with Crippen molar-refractivity contribution < 1.29 is 4.42 Å². The van der Waals surface area contributed by atoms with Crippen molar-refractivity contribution in [3.05, 3.63) is 63.2 Å². The Morgan fingerprint density at radius 2 is 1.95 bits per heavy atom. The van der Waals surface area contributed by atoms with E-state index >= 15 is 0 Å². The number of rotatable bonds is 4. The van der Waals surface area contributed by atoms with Crippen molar-refractivity contribution in [3.63, 3.8) is 0 Å². The van der Waals surface area contributed by atoms with E-state index in [1.54, 1.807) is 0 Å². The first kappa shape index (κ1) is 14.1. The van der Waals surface area contributed by atoms with Crippen LogP contribution in [0.3, 0.4) is 0 Å². The van der Waals surface area contributed by atoms with E-state index in [0.717, 1.165) is 11.1 Å². The molecule has 3 rings (SSSR count). The van der Waals surface area contributed by atoms with Crippen LogP contribution in [0.2, 0.25) is 0 Å². The van der Waals surface area contributed by atoms with Gasteiger partial charge in [0.15, 0.2) is 0 Å². The standard InChI is InChI=1S/C16H14IN3O/c1-11-5-2-3-8-14(11)15-19-20-16(21-15)18-10-12-6-4-7-13(17)9-12/h2-9H,10H2,1H3,(H,18,20). The van der Waals surface area contributed by atoms with E-state index in [1.165, 1.54) is 9.13 Å². The SMILES string of the molecule is Cc1ccccc1-c1nnc(NCc2cccc(I)c2)o1. The highest BCUT2D eigenvalue weighted by atomic mass is 127. The molecular formula is C16H14IN3O. The molecule has 0 spiro atoms. The van der Waals surface area contributed by atoms with Gasteiger partial charge in [0.25, 0.3) is 0 Å². The predicted molar refractivity (Wildman–Crippen MR) is 91.0 cm³/mol. The molecule has 0 saturated carbocycles.